The second-order valence-electron chi connectivity index (χ2n) is 3.98. The molecule has 3 heteroatoms. The van der Waals surface area contributed by atoms with Crippen LogP contribution in [0.1, 0.15) is 31.7 Å². The van der Waals surface area contributed by atoms with Crippen molar-refractivity contribution in [1.82, 2.24) is 5.32 Å². The van der Waals surface area contributed by atoms with Gasteiger partial charge in [0.1, 0.15) is 0 Å². The van der Waals surface area contributed by atoms with Gasteiger partial charge >= 0.3 is 0 Å². The first-order chi connectivity index (χ1) is 8.33. The average Bonchev–Trinajstić information content (AvgIpc) is 2.37. The van der Waals surface area contributed by atoms with E-state index in [4.69, 9.17) is 4.74 Å². The lowest BCUT2D eigenvalue weighted by Gasteiger charge is -2.06. The number of carbonyl (C=O) groups excluding carboxylic acids is 1. The molecule has 0 spiro atoms. The molecule has 0 unspecified atom stereocenters. The highest BCUT2D eigenvalue weighted by Crippen LogP contribution is 1.97. The minimum Gasteiger partial charge on any atom is -0.381 e. The Morgan fingerprint density at radius 3 is 2.71 bits per heavy atom. The summed E-state index contributed by atoms with van der Waals surface area (Å²) < 4.78 is 5.34. The van der Waals surface area contributed by atoms with Gasteiger partial charge in [0.05, 0.1) is 6.61 Å². The third-order valence-corrected chi connectivity index (χ3v) is 2.45. The molecule has 17 heavy (non-hydrogen) atoms. The Labute approximate surface area is 103 Å². The lowest BCUT2D eigenvalue weighted by Crippen LogP contribution is -2.23. The lowest BCUT2D eigenvalue weighted by atomic mass is 10.2. The van der Waals surface area contributed by atoms with E-state index in [1.807, 2.05) is 30.3 Å². The highest BCUT2D eigenvalue weighted by molar-refractivity contribution is 5.75. The van der Waals surface area contributed by atoms with Gasteiger partial charge in [-0.05, 0) is 12.0 Å². The van der Waals surface area contributed by atoms with Crippen molar-refractivity contribution < 1.29 is 9.53 Å². The summed E-state index contributed by atoms with van der Waals surface area (Å²) in [6.07, 6.45) is 2.63. The van der Waals surface area contributed by atoms with Gasteiger partial charge in [0, 0.05) is 19.6 Å². The Morgan fingerprint density at radius 2 is 2.00 bits per heavy atom. The largest absolute Gasteiger partial charge is 0.381 e. The van der Waals surface area contributed by atoms with Crippen LogP contribution in [0.4, 0.5) is 0 Å². The molecule has 0 heterocycles. The zero-order valence-corrected chi connectivity index (χ0v) is 10.4. The first kappa shape index (κ1) is 13.7. The lowest BCUT2D eigenvalue weighted by molar-refractivity contribution is -0.122. The fraction of sp³-hybridized carbons (Fsp3) is 0.500. The highest BCUT2D eigenvalue weighted by Gasteiger charge is 2.00. The van der Waals surface area contributed by atoms with Crippen LogP contribution in [0.25, 0.3) is 0 Å². The number of benzene rings is 1. The molecule has 0 atom stereocenters. The summed E-state index contributed by atoms with van der Waals surface area (Å²) in [5.41, 5.74) is 1.12. The first-order valence-corrected chi connectivity index (χ1v) is 6.21. The third-order valence-electron chi connectivity index (χ3n) is 2.45. The quantitative estimate of drug-likeness (QED) is 0.703. The number of ether oxygens (including phenoxy) is 1. The molecule has 0 aromatic heterocycles. The van der Waals surface area contributed by atoms with Crippen LogP contribution in [0.3, 0.4) is 0 Å². The van der Waals surface area contributed by atoms with Crippen molar-refractivity contribution in [2.24, 2.45) is 0 Å². The molecule has 0 aliphatic carbocycles. The second-order valence-corrected chi connectivity index (χ2v) is 3.98. The predicted molar refractivity (Wildman–Crippen MR) is 68.6 cm³/mol. The Balaban J connectivity index is 2.05. The molecule has 0 fully saturated rings. The normalized spacial score (nSPS) is 10.2. The van der Waals surface area contributed by atoms with Gasteiger partial charge in [-0.2, -0.15) is 0 Å². The number of unbranched alkanes of at least 4 members (excludes halogenated alkanes) is 1. The van der Waals surface area contributed by atoms with Gasteiger partial charge in [-0.15, -0.1) is 0 Å². The number of amides is 1. The number of nitrogens with one attached hydrogen (secondary N) is 1. The molecular formula is C14H21NO2. The van der Waals surface area contributed by atoms with Crippen LogP contribution >= 0.6 is 0 Å². The molecule has 1 amide bonds. The Kier molecular flexibility index (Phi) is 7.07. The summed E-state index contributed by atoms with van der Waals surface area (Å²) in [6.45, 7) is 3.98. The molecule has 0 aliphatic heterocycles. The molecular weight excluding hydrogens is 214 g/mol. The summed E-state index contributed by atoms with van der Waals surface area (Å²) in [5.74, 6) is 0.0466. The van der Waals surface area contributed by atoms with Gasteiger partial charge in [-0.25, -0.2) is 0 Å². The number of rotatable bonds is 8. The Hall–Kier alpha value is -1.35. The number of carbonyl (C=O) groups is 1. The monoisotopic (exact) mass is 235 g/mol. The maximum atomic E-state index is 11.5. The maximum Gasteiger partial charge on any atom is 0.222 e. The van der Waals surface area contributed by atoms with Gasteiger partial charge in [0.25, 0.3) is 0 Å². The molecule has 1 aromatic carbocycles. The van der Waals surface area contributed by atoms with E-state index in [9.17, 15) is 4.79 Å². The van der Waals surface area contributed by atoms with Gasteiger partial charge in [-0.1, -0.05) is 43.7 Å². The molecule has 0 saturated carbocycles. The van der Waals surface area contributed by atoms with Crippen LogP contribution < -0.4 is 5.32 Å². The molecule has 0 bridgehead atoms. The predicted octanol–water partition coefficient (Wildman–Crippen LogP) is 2.51. The second kappa shape index (κ2) is 8.76. The standard InChI is InChI=1S/C14H21NO2/c1-2-3-10-17-11-9-14(16)15-12-13-7-5-4-6-8-13/h4-8H,2-3,9-12H2,1H3,(H,15,16). The molecule has 1 rings (SSSR count). The number of hydrogen-bond donors (Lipinski definition) is 1. The third kappa shape index (κ3) is 6.74. The molecule has 0 radical (unpaired) electrons. The zero-order chi connectivity index (χ0) is 12.3. The van der Waals surface area contributed by atoms with Gasteiger partial charge < -0.3 is 10.1 Å². The molecule has 0 saturated heterocycles. The summed E-state index contributed by atoms with van der Waals surface area (Å²) in [4.78, 5) is 11.5. The van der Waals surface area contributed by atoms with E-state index < -0.39 is 0 Å². The Morgan fingerprint density at radius 1 is 1.24 bits per heavy atom. The number of hydrogen-bond acceptors (Lipinski definition) is 2. The Bertz CT molecular complexity index is 311. The van der Waals surface area contributed by atoms with Gasteiger partial charge in [0.15, 0.2) is 0 Å². The van der Waals surface area contributed by atoms with Crippen molar-refractivity contribution in [3.63, 3.8) is 0 Å². The SMILES string of the molecule is CCCCOCCC(=O)NCc1ccccc1. The van der Waals surface area contributed by atoms with Crippen molar-refractivity contribution in [2.45, 2.75) is 32.7 Å². The molecule has 0 aliphatic rings. The summed E-state index contributed by atoms with van der Waals surface area (Å²) in [6, 6.07) is 9.90. The van der Waals surface area contributed by atoms with Crippen LogP contribution in [0, 0.1) is 0 Å². The molecule has 3 nitrogen and oxygen atoms in total. The highest BCUT2D eigenvalue weighted by atomic mass is 16.5. The summed E-state index contributed by atoms with van der Waals surface area (Å²) >= 11 is 0. The fourth-order valence-electron chi connectivity index (χ4n) is 1.40. The first-order valence-electron chi connectivity index (χ1n) is 6.21. The van der Waals surface area contributed by atoms with E-state index in [1.165, 1.54) is 0 Å². The molecule has 1 N–H and O–H groups in total. The van der Waals surface area contributed by atoms with Crippen LogP contribution in [0.2, 0.25) is 0 Å². The fourth-order valence-corrected chi connectivity index (χ4v) is 1.40. The summed E-state index contributed by atoms with van der Waals surface area (Å²) in [7, 11) is 0. The average molecular weight is 235 g/mol. The minimum absolute atomic E-state index is 0.0466. The van der Waals surface area contributed by atoms with Crippen molar-refractivity contribution >= 4 is 5.91 Å². The van der Waals surface area contributed by atoms with Crippen LogP contribution in [0.15, 0.2) is 30.3 Å². The molecule has 1 aromatic rings. The van der Waals surface area contributed by atoms with Crippen molar-refractivity contribution in [3.05, 3.63) is 35.9 Å². The van der Waals surface area contributed by atoms with E-state index in [0.717, 1.165) is 25.0 Å². The van der Waals surface area contributed by atoms with Crippen LogP contribution in [0.5, 0.6) is 0 Å². The van der Waals surface area contributed by atoms with Crippen molar-refractivity contribution in [2.75, 3.05) is 13.2 Å². The van der Waals surface area contributed by atoms with Crippen LogP contribution in [-0.2, 0) is 16.1 Å². The van der Waals surface area contributed by atoms with E-state index in [2.05, 4.69) is 12.2 Å². The van der Waals surface area contributed by atoms with E-state index >= 15 is 0 Å². The minimum atomic E-state index is 0.0466. The van der Waals surface area contributed by atoms with Crippen LogP contribution in [-0.4, -0.2) is 19.1 Å². The molecule has 94 valence electrons. The van der Waals surface area contributed by atoms with Crippen molar-refractivity contribution in [3.8, 4) is 0 Å². The smallest absolute Gasteiger partial charge is 0.222 e. The zero-order valence-electron chi connectivity index (χ0n) is 10.4. The van der Waals surface area contributed by atoms with Gasteiger partial charge in [-0.3, -0.25) is 4.79 Å². The van der Waals surface area contributed by atoms with Crippen molar-refractivity contribution in [1.29, 1.82) is 0 Å². The summed E-state index contributed by atoms with van der Waals surface area (Å²) in [5, 5.41) is 2.87. The van der Waals surface area contributed by atoms with E-state index in [-0.39, 0.29) is 5.91 Å². The van der Waals surface area contributed by atoms with E-state index in [0.29, 0.717) is 19.6 Å². The maximum absolute atomic E-state index is 11.5. The topological polar surface area (TPSA) is 38.3 Å². The van der Waals surface area contributed by atoms with E-state index in [1.54, 1.807) is 0 Å². The van der Waals surface area contributed by atoms with Gasteiger partial charge in [0.2, 0.25) is 5.91 Å².